The molecule has 0 amide bonds. The summed E-state index contributed by atoms with van der Waals surface area (Å²) in [5.74, 6) is 0.906. The van der Waals surface area contributed by atoms with E-state index in [2.05, 4.69) is 52.6 Å². The van der Waals surface area contributed by atoms with Gasteiger partial charge in [0.05, 0.1) is 11.5 Å². The van der Waals surface area contributed by atoms with Crippen LogP contribution in [0.5, 0.6) is 0 Å². The molecule has 0 radical (unpaired) electrons. The second-order valence-corrected chi connectivity index (χ2v) is 6.93. The summed E-state index contributed by atoms with van der Waals surface area (Å²) in [6, 6.07) is 10.7. The van der Waals surface area contributed by atoms with Gasteiger partial charge in [0, 0.05) is 23.1 Å². The average Bonchev–Trinajstić information content (AvgIpc) is 2.97. The summed E-state index contributed by atoms with van der Waals surface area (Å²) >= 11 is 3.36. The van der Waals surface area contributed by atoms with Gasteiger partial charge >= 0.3 is 0 Å². The molecule has 110 valence electrons. The highest BCUT2D eigenvalue weighted by Gasteiger charge is 2.13. The van der Waals surface area contributed by atoms with Gasteiger partial charge in [-0.15, -0.1) is 23.1 Å². The fourth-order valence-corrected chi connectivity index (χ4v) is 4.16. The Labute approximate surface area is 138 Å². The summed E-state index contributed by atoms with van der Waals surface area (Å²) < 4.78 is 0. The van der Waals surface area contributed by atoms with E-state index >= 15 is 0 Å². The molecule has 0 N–H and O–H groups in total. The molecular formula is C17H15N3S2. The number of fused-ring (bicyclic) bond motifs is 1. The molecule has 0 aliphatic rings. The Hall–Kier alpha value is -1.90. The van der Waals surface area contributed by atoms with Gasteiger partial charge in [-0.3, -0.25) is 0 Å². The Morgan fingerprint density at radius 1 is 1.23 bits per heavy atom. The Morgan fingerprint density at radius 3 is 2.82 bits per heavy atom. The monoisotopic (exact) mass is 325 g/mol. The van der Waals surface area contributed by atoms with Crippen molar-refractivity contribution >= 4 is 33.3 Å². The van der Waals surface area contributed by atoms with E-state index < -0.39 is 0 Å². The van der Waals surface area contributed by atoms with Crippen LogP contribution in [0.25, 0.3) is 21.3 Å². The number of hydrogen-bond donors (Lipinski definition) is 0. The smallest absolute Gasteiger partial charge is 0.128 e. The number of nitrogens with zero attached hydrogens (tertiary/aromatic N) is 3. The van der Waals surface area contributed by atoms with E-state index in [-0.39, 0.29) is 0 Å². The SMILES string of the molecule is Cc1ccc(-c2csc3ncnc(SCCCC#N)c23)cc1. The minimum atomic E-state index is 0.593. The van der Waals surface area contributed by atoms with Crippen molar-refractivity contribution in [3.8, 4) is 17.2 Å². The Balaban J connectivity index is 1.97. The van der Waals surface area contributed by atoms with Gasteiger partial charge in [0.2, 0.25) is 0 Å². The molecule has 0 unspecified atom stereocenters. The van der Waals surface area contributed by atoms with E-state index in [0.717, 1.165) is 27.4 Å². The van der Waals surface area contributed by atoms with E-state index in [9.17, 15) is 0 Å². The third-order valence-corrected chi connectivity index (χ3v) is 5.33. The van der Waals surface area contributed by atoms with Crippen molar-refractivity contribution in [2.24, 2.45) is 0 Å². The molecule has 22 heavy (non-hydrogen) atoms. The lowest BCUT2D eigenvalue weighted by Gasteiger charge is -2.05. The van der Waals surface area contributed by atoms with Gasteiger partial charge in [0.1, 0.15) is 16.2 Å². The molecule has 3 rings (SSSR count). The molecule has 5 heteroatoms. The summed E-state index contributed by atoms with van der Waals surface area (Å²) in [4.78, 5) is 9.87. The predicted molar refractivity (Wildman–Crippen MR) is 93.2 cm³/mol. The van der Waals surface area contributed by atoms with Crippen LogP contribution < -0.4 is 0 Å². The number of rotatable bonds is 5. The van der Waals surface area contributed by atoms with Gasteiger partial charge in [0.25, 0.3) is 0 Å². The molecule has 2 heterocycles. The normalized spacial score (nSPS) is 10.7. The van der Waals surface area contributed by atoms with Gasteiger partial charge in [0.15, 0.2) is 0 Å². The third-order valence-electron chi connectivity index (χ3n) is 3.37. The van der Waals surface area contributed by atoms with Gasteiger partial charge < -0.3 is 0 Å². The third kappa shape index (κ3) is 3.13. The number of benzene rings is 1. The van der Waals surface area contributed by atoms with Crippen LogP contribution >= 0.6 is 23.1 Å². The van der Waals surface area contributed by atoms with Crippen molar-refractivity contribution in [1.29, 1.82) is 5.26 Å². The average molecular weight is 325 g/mol. The maximum Gasteiger partial charge on any atom is 0.128 e. The predicted octanol–water partition coefficient (Wildman–Crippen LogP) is 5.06. The molecule has 0 atom stereocenters. The van der Waals surface area contributed by atoms with Crippen LogP contribution in [0, 0.1) is 18.3 Å². The maximum atomic E-state index is 8.63. The largest absolute Gasteiger partial charge is 0.229 e. The van der Waals surface area contributed by atoms with Crippen molar-refractivity contribution in [2.75, 3.05) is 5.75 Å². The van der Waals surface area contributed by atoms with Crippen molar-refractivity contribution < 1.29 is 0 Å². The topological polar surface area (TPSA) is 49.6 Å². The molecule has 0 spiro atoms. The number of unbranched alkanes of at least 4 members (excludes halogenated alkanes) is 1. The lowest BCUT2D eigenvalue weighted by Crippen LogP contribution is -1.87. The number of thiophene rings is 1. The molecule has 0 saturated heterocycles. The lowest BCUT2D eigenvalue weighted by molar-refractivity contribution is 0.977. The van der Waals surface area contributed by atoms with Gasteiger partial charge in [-0.2, -0.15) is 5.26 Å². The van der Waals surface area contributed by atoms with E-state index in [4.69, 9.17) is 5.26 Å². The van der Waals surface area contributed by atoms with Gasteiger partial charge in [-0.1, -0.05) is 29.8 Å². The second-order valence-electron chi connectivity index (χ2n) is 4.98. The highest BCUT2D eigenvalue weighted by atomic mass is 32.2. The van der Waals surface area contributed by atoms with Crippen LogP contribution in [0.2, 0.25) is 0 Å². The molecule has 3 aromatic rings. The molecule has 0 saturated carbocycles. The minimum Gasteiger partial charge on any atom is -0.229 e. The van der Waals surface area contributed by atoms with Crippen LogP contribution in [-0.4, -0.2) is 15.7 Å². The molecule has 0 fully saturated rings. The fraction of sp³-hybridized carbons (Fsp3) is 0.235. The zero-order chi connectivity index (χ0) is 15.4. The number of nitriles is 1. The molecular weight excluding hydrogens is 310 g/mol. The van der Waals surface area contributed by atoms with E-state index in [1.54, 1.807) is 29.4 Å². The summed E-state index contributed by atoms with van der Waals surface area (Å²) in [6.45, 7) is 2.09. The first kappa shape index (κ1) is 15.0. The summed E-state index contributed by atoms with van der Waals surface area (Å²) in [5, 5.41) is 12.9. The lowest BCUT2D eigenvalue weighted by atomic mass is 10.1. The van der Waals surface area contributed by atoms with E-state index in [1.807, 2.05) is 0 Å². The fourth-order valence-electron chi connectivity index (χ4n) is 2.22. The van der Waals surface area contributed by atoms with Crippen molar-refractivity contribution in [1.82, 2.24) is 9.97 Å². The first-order valence-electron chi connectivity index (χ1n) is 7.08. The highest BCUT2D eigenvalue weighted by molar-refractivity contribution is 7.99. The molecule has 0 bridgehead atoms. The first-order chi connectivity index (χ1) is 10.8. The Kier molecular flexibility index (Phi) is 4.71. The molecule has 1 aromatic carbocycles. The van der Waals surface area contributed by atoms with Crippen LogP contribution in [0.3, 0.4) is 0 Å². The Morgan fingerprint density at radius 2 is 2.05 bits per heavy atom. The van der Waals surface area contributed by atoms with Crippen LogP contribution in [0.1, 0.15) is 18.4 Å². The van der Waals surface area contributed by atoms with Crippen LogP contribution in [-0.2, 0) is 0 Å². The first-order valence-corrected chi connectivity index (χ1v) is 8.95. The van der Waals surface area contributed by atoms with Crippen molar-refractivity contribution in [3.63, 3.8) is 0 Å². The number of aromatic nitrogens is 2. The van der Waals surface area contributed by atoms with E-state index in [1.165, 1.54) is 16.7 Å². The highest BCUT2D eigenvalue weighted by Crippen LogP contribution is 2.38. The molecule has 0 aliphatic carbocycles. The second kappa shape index (κ2) is 6.91. The van der Waals surface area contributed by atoms with Crippen molar-refractivity contribution in [3.05, 3.63) is 41.5 Å². The zero-order valence-electron chi connectivity index (χ0n) is 12.2. The van der Waals surface area contributed by atoms with Gasteiger partial charge in [-0.25, -0.2) is 9.97 Å². The number of aryl methyl sites for hydroxylation is 1. The molecule has 0 aliphatic heterocycles. The summed E-state index contributed by atoms with van der Waals surface area (Å²) in [7, 11) is 0. The summed E-state index contributed by atoms with van der Waals surface area (Å²) in [6.07, 6.45) is 3.11. The van der Waals surface area contributed by atoms with Crippen LogP contribution in [0.4, 0.5) is 0 Å². The standard InChI is InChI=1S/C17H15N3S2/c1-12-4-6-13(7-5-12)14-10-22-17-15(14)16(19-11-20-17)21-9-3-2-8-18/h4-7,10-11H,2-3,9H2,1H3. The van der Waals surface area contributed by atoms with Crippen molar-refractivity contribution in [2.45, 2.75) is 24.8 Å². The molecule has 2 aromatic heterocycles. The van der Waals surface area contributed by atoms with E-state index in [0.29, 0.717) is 6.42 Å². The number of hydrogen-bond acceptors (Lipinski definition) is 5. The minimum absolute atomic E-state index is 0.593. The zero-order valence-corrected chi connectivity index (χ0v) is 13.9. The Bertz CT molecular complexity index is 816. The van der Waals surface area contributed by atoms with Crippen LogP contribution in [0.15, 0.2) is 41.0 Å². The molecule has 3 nitrogen and oxygen atoms in total. The van der Waals surface area contributed by atoms with Gasteiger partial charge in [-0.05, 0) is 18.9 Å². The quantitative estimate of drug-likeness (QED) is 0.373. The summed E-state index contributed by atoms with van der Waals surface area (Å²) in [5.41, 5.74) is 3.65. The maximum absolute atomic E-state index is 8.63. The number of thioether (sulfide) groups is 1.